The van der Waals surface area contributed by atoms with Gasteiger partial charge >= 0.3 is 11.9 Å². The Balaban J connectivity index is 1.67. The number of esters is 2. The largest absolute Gasteiger partial charge is 0.459 e. The molecule has 0 aromatic heterocycles. The SMILES string of the molecule is C=C1C(=O)O[C@@H]2/C=C(/C)[C@@H](O)C[C@H]3O[C@]3(C)C[C@@H](OC(=O)[C@@]3(C)O[C@@H]3C)[C@@H]12. The molecule has 27 heavy (non-hydrogen) atoms. The van der Waals surface area contributed by atoms with E-state index in [4.69, 9.17) is 18.9 Å². The van der Waals surface area contributed by atoms with E-state index in [0.29, 0.717) is 18.4 Å². The molecule has 3 aliphatic heterocycles. The van der Waals surface area contributed by atoms with Gasteiger partial charge in [-0.15, -0.1) is 0 Å². The third-order valence-corrected chi connectivity index (χ3v) is 6.50. The minimum absolute atomic E-state index is 0.133. The van der Waals surface area contributed by atoms with Crippen LogP contribution in [0.4, 0.5) is 0 Å². The molecule has 1 N–H and O–H groups in total. The third kappa shape index (κ3) is 3.02. The van der Waals surface area contributed by atoms with Crippen LogP contribution in [0.1, 0.15) is 40.5 Å². The lowest BCUT2D eigenvalue weighted by Gasteiger charge is -2.29. The van der Waals surface area contributed by atoms with Crippen LogP contribution in [0.25, 0.3) is 0 Å². The molecule has 148 valence electrons. The first-order chi connectivity index (χ1) is 12.5. The molecule has 0 amide bonds. The number of ether oxygens (including phenoxy) is 4. The molecule has 7 nitrogen and oxygen atoms in total. The van der Waals surface area contributed by atoms with Crippen molar-refractivity contribution in [3.63, 3.8) is 0 Å². The summed E-state index contributed by atoms with van der Waals surface area (Å²) in [6.07, 6.45) is 0.284. The fourth-order valence-electron chi connectivity index (χ4n) is 4.15. The minimum atomic E-state index is -0.956. The number of aliphatic hydroxyl groups excluding tert-OH is 1. The van der Waals surface area contributed by atoms with Crippen molar-refractivity contribution in [1.29, 1.82) is 0 Å². The normalized spacial score (nSPS) is 50.6. The van der Waals surface area contributed by atoms with E-state index in [1.807, 2.05) is 13.8 Å². The molecule has 8 atom stereocenters. The first kappa shape index (κ1) is 18.7. The summed E-state index contributed by atoms with van der Waals surface area (Å²) in [4.78, 5) is 24.9. The maximum atomic E-state index is 12.7. The van der Waals surface area contributed by atoms with E-state index >= 15 is 0 Å². The fraction of sp³-hybridized carbons (Fsp3) is 0.700. The van der Waals surface area contributed by atoms with E-state index in [-0.39, 0.29) is 17.8 Å². The Bertz CT molecular complexity index is 743. The zero-order valence-corrected chi connectivity index (χ0v) is 16.1. The van der Waals surface area contributed by atoms with Crippen molar-refractivity contribution in [1.82, 2.24) is 0 Å². The highest BCUT2D eigenvalue weighted by Gasteiger charge is 2.61. The molecule has 0 bridgehead atoms. The van der Waals surface area contributed by atoms with Crippen molar-refractivity contribution in [2.75, 3.05) is 0 Å². The smallest absolute Gasteiger partial charge is 0.341 e. The van der Waals surface area contributed by atoms with E-state index in [0.717, 1.165) is 0 Å². The van der Waals surface area contributed by atoms with Crippen LogP contribution in [0.15, 0.2) is 23.8 Å². The number of fused-ring (bicyclic) bond motifs is 2. The van der Waals surface area contributed by atoms with E-state index in [2.05, 4.69) is 6.58 Å². The molecule has 1 aliphatic carbocycles. The van der Waals surface area contributed by atoms with Gasteiger partial charge in [0.05, 0.1) is 29.8 Å². The van der Waals surface area contributed by atoms with Crippen LogP contribution in [0.5, 0.6) is 0 Å². The summed E-state index contributed by atoms with van der Waals surface area (Å²) >= 11 is 0. The van der Waals surface area contributed by atoms with Crippen LogP contribution in [0.3, 0.4) is 0 Å². The van der Waals surface area contributed by atoms with Crippen molar-refractivity contribution < 1.29 is 33.6 Å². The molecule has 0 unspecified atom stereocenters. The highest BCUT2D eigenvalue weighted by Crippen LogP contribution is 2.48. The quantitative estimate of drug-likeness (QED) is 0.336. The zero-order valence-electron chi connectivity index (χ0n) is 16.1. The maximum absolute atomic E-state index is 12.7. The van der Waals surface area contributed by atoms with Crippen molar-refractivity contribution in [2.45, 2.75) is 82.3 Å². The second kappa shape index (κ2) is 5.90. The number of carbonyl (C=O) groups excluding carboxylic acids is 2. The Morgan fingerprint density at radius 1 is 1.37 bits per heavy atom. The lowest BCUT2D eigenvalue weighted by Crippen LogP contribution is -2.40. The van der Waals surface area contributed by atoms with Crippen LogP contribution in [-0.2, 0) is 28.5 Å². The number of hydrogen-bond donors (Lipinski definition) is 1. The lowest BCUT2D eigenvalue weighted by molar-refractivity contribution is -0.159. The molecular formula is C20H26O7. The van der Waals surface area contributed by atoms with E-state index in [1.165, 1.54) is 0 Å². The molecule has 3 saturated heterocycles. The van der Waals surface area contributed by atoms with Gasteiger partial charge in [-0.2, -0.15) is 0 Å². The minimum Gasteiger partial charge on any atom is -0.459 e. The van der Waals surface area contributed by atoms with Crippen LogP contribution in [0, 0.1) is 5.92 Å². The summed E-state index contributed by atoms with van der Waals surface area (Å²) < 4.78 is 22.5. The first-order valence-corrected chi connectivity index (χ1v) is 9.38. The number of epoxide rings is 2. The highest BCUT2D eigenvalue weighted by molar-refractivity contribution is 5.91. The van der Waals surface area contributed by atoms with Crippen molar-refractivity contribution in [3.8, 4) is 0 Å². The summed E-state index contributed by atoms with van der Waals surface area (Å²) in [6, 6.07) is 0. The number of aliphatic hydroxyl groups is 1. The van der Waals surface area contributed by atoms with Crippen molar-refractivity contribution in [3.05, 3.63) is 23.8 Å². The average Bonchev–Trinajstić information content (AvgIpc) is 3.37. The molecule has 0 aromatic carbocycles. The Labute approximate surface area is 158 Å². The van der Waals surface area contributed by atoms with E-state index in [1.54, 1.807) is 19.9 Å². The molecule has 3 heterocycles. The predicted molar refractivity (Wildman–Crippen MR) is 93.6 cm³/mol. The number of rotatable bonds is 2. The molecule has 4 aliphatic rings. The van der Waals surface area contributed by atoms with Gasteiger partial charge in [-0.1, -0.05) is 6.58 Å². The van der Waals surface area contributed by atoms with Crippen LogP contribution < -0.4 is 0 Å². The summed E-state index contributed by atoms with van der Waals surface area (Å²) in [7, 11) is 0. The van der Waals surface area contributed by atoms with Crippen LogP contribution in [-0.4, -0.2) is 58.8 Å². The van der Waals surface area contributed by atoms with Crippen LogP contribution >= 0.6 is 0 Å². The summed E-state index contributed by atoms with van der Waals surface area (Å²) in [5.74, 6) is -1.49. The molecule has 0 radical (unpaired) electrons. The zero-order chi connectivity index (χ0) is 19.7. The summed E-state index contributed by atoms with van der Waals surface area (Å²) in [5, 5.41) is 10.4. The fourth-order valence-corrected chi connectivity index (χ4v) is 4.15. The molecule has 7 heteroatoms. The van der Waals surface area contributed by atoms with Gasteiger partial charge in [0.2, 0.25) is 0 Å². The Morgan fingerprint density at radius 2 is 2.04 bits per heavy atom. The number of carbonyl (C=O) groups is 2. The topological polar surface area (TPSA) is 97.9 Å². The Hall–Kier alpha value is -1.70. The van der Waals surface area contributed by atoms with Gasteiger partial charge in [0.25, 0.3) is 0 Å². The molecule has 0 saturated carbocycles. The predicted octanol–water partition coefficient (Wildman–Crippen LogP) is 1.43. The second-order valence-corrected chi connectivity index (χ2v) is 8.52. The Kier molecular flexibility index (Phi) is 4.07. The van der Waals surface area contributed by atoms with Gasteiger partial charge in [0, 0.05) is 18.4 Å². The molecule has 4 rings (SSSR count). The molecule has 0 aromatic rings. The van der Waals surface area contributed by atoms with Gasteiger partial charge in [0.1, 0.15) is 12.2 Å². The molecule has 0 spiro atoms. The van der Waals surface area contributed by atoms with E-state index < -0.39 is 47.4 Å². The maximum Gasteiger partial charge on any atom is 0.341 e. The van der Waals surface area contributed by atoms with E-state index in [9.17, 15) is 14.7 Å². The van der Waals surface area contributed by atoms with Gasteiger partial charge < -0.3 is 24.1 Å². The van der Waals surface area contributed by atoms with Gasteiger partial charge in [-0.05, 0) is 39.3 Å². The highest BCUT2D eigenvalue weighted by atomic mass is 16.7. The summed E-state index contributed by atoms with van der Waals surface area (Å²) in [5.41, 5.74) is -0.518. The van der Waals surface area contributed by atoms with Gasteiger partial charge in [0.15, 0.2) is 5.60 Å². The Morgan fingerprint density at radius 3 is 2.67 bits per heavy atom. The van der Waals surface area contributed by atoms with Crippen molar-refractivity contribution in [2.24, 2.45) is 5.92 Å². The number of hydrogen-bond acceptors (Lipinski definition) is 7. The van der Waals surface area contributed by atoms with Crippen molar-refractivity contribution >= 4 is 11.9 Å². The van der Waals surface area contributed by atoms with Crippen LogP contribution in [0.2, 0.25) is 0 Å². The second-order valence-electron chi connectivity index (χ2n) is 8.52. The molecular weight excluding hydrogens is 352 g/mol. The summed E-state index contributed by atoms with van der Waals surface area (Å²) in [6.45, 7) is 11.1. The monoisotopic (exact) mass is 378 g/mol. The third-order valence-electron chi connectivity index (χ3n) is 6.50. The lowest BCUT2D eigenvalue weighted by atomic mass is 9.82. The molecule has 3 fully saturated rings. The van der Waals surface area contributed by atoms with Gasteiger partial charge in [-0.25, -0.2) is 9.59 Å². The standard InChI is InChI=1S/C20H26O7/c1-9-6-13-16(10(2)17(22)24-13)14(25-18(23)20(5)11(3)26-20)8-19(4)15(27-19)7-12(9)21/h6,11-16,21H,2,7-8H2,1,3-5H3/b9-6-/t11-,12+,13-,14-,15-,16+,19-,20+/m1/s1. The van der Waals surface area contributed by atoms with Gasteiger partial charge in [-0.3, -0.25) is 0 Å². The first-order valence-electron chi connectivity index (χ1n) is 9.38. The average molecular weight is 378 g/mol.